The Morgan fingerprint density at radius 2 is 2.04 bits per heavy atom. The number of nitrogens with zero attached hydrogens (tertiary/aromatic N) is 2. The lowest BCUT2D eigenvalue weighted by molar-refractivity contribution is -0.140. The monoisotopic (exact) mass is 375 g/mol. The van der Waals surface area contributed by atoms with Crippen molar-refractivity contribution in [2.45, 2.75) is 40.7 Å². The quantitative estimate of drug-likeness (QED) is 0.260. The van der Waals surface area contributed by atoms with Gasteiger partial charge in [-0.15, -0.1) is 0 Å². The maximum absolute atomic E-state index is 12.2. The molecule has 1 N–H and O–H groups in total. The van der Waals surface area contributed by atoms with Gasteiger partial charge in [-0.1, -0.05) is 26.8 Å². The van der Waals surface area contributed by atoms with Crippen LogP contribution in [0.2, 0.25) is 0 Å². The summed E-state index contributed by atoms with van der Waals surface area (Å²) in [5.41, 5.74) is 1.45. The minimum atomic E-state index is -0.644. The van der Waals surface area contributed by atoms with Gasteiger partial charge in [-0.2, -0.15) is 5.26 Å². The second-order valence-electron chi connectivity index (χ2n) is 6.09. The van der Waals surface area contributed by atoms with Gasteiger partial charge in [0.1, 0.15) is 12.7 Å². The first-order chi connectivity index (χ1) is 13.0. The summed E-state index contributed by atoms with van der Waals surface area (Å²) in [6.07, 6.45) is 2.63. The lowest BCUT2D eigenvalue weighted by Crippen LogP contribution is -2.23. The van der Waals surface area contributed by atoms with Crippen molar-refractivity contribution in [3.63, 3.8) is 0 Å². The molecule has 0 saturated heterocycles. The van der Waals surface area contributed by atoms with Gasteiger partial charge in [-0.05, 0) is 24.8 Å². The Bertz CT molecular complexity index is 648. The molecule has 0 aliphatic rings. The molecule has 1 heterocycles. The second kappa shape index (κ2) is 12.7. The molecule has 1 rings (SSSR count). The van der Waals surface area contributed by atoms with E-state index in [4.69, 9.17) is 14.2 Å². The molecule has 0 amide bonds. The molecule has 27 heavy (non-hydrogen) atoms. The number of esters is 1. The normalized spacial score (nSPS) is 11.6. The molecule has 0 radical (unpaired) electrons. The summed E-state index contributed by atoms with van der Waals surface area (Å²) in [4.78, 5) is 16.5. The fourth-order valence-corrected chi connectivity index (χ4v) is 2.21. The maximum Gasteiger partial charge on any atom is 0.350 e. The number of nitrogens with one attached hydrogen (secondary N) is 1. The number of aromatic nitrogens is 1. The Labute approximate surface area is 161 Å². The van der Waals surface area contributed by atoms with Gasteiger partial charge in [0, 0.05) is 31.1 Å². The van der Waals surface area contributed by atoms with Crippen LogP contribution in [0.5, 0.6) is 5.88 Å². The third-order valence-corrected chi connectivity index (χ3v) is 3.56. The number of hydrogen-bond acceptors (Lipinski definition) is 7. The van der Waals surface area contributed by atoms with Gasteiger partial charge in [0.25, 0.3) is 0 Å². The molecule has 0 saturated carbocycles. The fourth-order valence-electron chi connectivity index (χ4n) is 2.21. The van der Waals surface area contributed by atoms with Gasteiger partial charge in [0.2, 0.25) is 5.88 Å². The van der Waals surface area contributed by atoms with Crippen molar-refractivity contribution < 1.29 is 19.0 Å². The third kappa shape index (κ3) is 8.09. The van der Waals surface area contributed by atoms with Crippen LogP contribution >= 0.6 is 0 Å². The largest absolute Gasteiger partial charge is 0.478 e. The van der Waals surface area contributed by atoms with E-state index in [9.17, 15) is 10.1 Å². The second-order valence-corrected chi connectivity index (χ2v) is 6.09. The highest BCUT2D eigenvalue weighted by molar-refractivity contribution is 5.93. The highest BCUT2D eigenvalue weighted by Gasteiger charge is 2.19. The average molecular weight is 375 g/mol. The minimum absolute atomic E-state index is 0.0163. The van der Waals surface area contributed by atoms with Gasteiger partial charge in [0.15, 0.2) is 5.57 Å². The number of ether oxygens (including phenoxy) is 3. The number of rotatable bonds is 12. The van der Waals surface area contributed by atoms with Gasteiger partial charge >= 0.3 is 5.97 Å². The predicted molar refractivity (Wildman–Crippen MR) is 102 cm³/mol. The van der Waals surface area contributed by atoms with E-state index in [2.05, 4.69) is 10.3 Å². The summed E-state index contributed by atoms with van der Waals surface area (Å²) in [5, 5.41) is 12.6. The average Bonchev–Trinajstić information content (AvgIpc) is 2.67. The van der Waals surface area contributed by atoms with E-state index in [0.717, 1.165) is 12.0 Å². The van der Waals surface area contributed by atoms with Gasteiger partial charge in [-0.25, -0.2) is 9.78 Å². The number of carbonyl (C=O) groups is 1. The first-order valence-corrected chi connectivity index (χ1v) is 9.24. The standard InChI is InChI=1S/C20H29N3O4/c1-5-9-26-18-8-7-16(13-22-18)14-23-19(15(3)4)17(12-21)20(24)27-11-10-25-6-2/h7-8,13,15,23H,5-6,9-11,14H2,1-4H3/b19-17-. The van der Waals surface area contributed by atoms with Crippen LogP contribution in [0.15, 0.2) is 29.6 Å². The van der Waals surface area contributed by atoms with E-state index in [1.165, 1.54) is 0 Å². The Balaban J connectivity index is 2.76. The molecule has 0 aliphatic heterocycles. The zero-order valence-electron chi connectivity index (χ0n) is 16.6. The zero-order chi connectivity index (χ0) is 20.1. The predicted octanol–water partition coefficient (Wildman–Crippen LogP) is 2.97. The molecule has 1 aromatic rings. The summed E-state index contributed by atoms with van der Waals surface area (Å²) in [5.74, 6) is -0.107. The van der Waals surface area contributed by atoms with Crippen LogP contribution in [0.3, 0.4) is 0 Å². The summed E-state index contributed by atoms with van der Waals surface area (Å²) in [6, 6.07) is 5.66. The van der Waals surface area contributed by atoms with Crippen molar-refractivity contribution in [1.29, 1.82) is 5.26 Å². The molecule has 0 aliphatic carbocycles. The van der Waals surface area contributed by atoms with Gasteiger partial charge in [0.05, 0.1) is 13.2 Å². The Hall–Kier alpha value is -2.59. The Morgan fingerprint density at radius 1 is 1.26 bits per heavy atom. The Kier molecular flexibility index (Phi) is 10.6. The van der Waals surface area contributed by atoms with Gasteiger partial charge in [-0.3, -0.25) is 0 Å². The van der Waals surface area contributed by atoms with Crippen molar-refractivity contribution in [1.82, 2.24) is 10.3 Å². The molecule has 7 nitrogen and oxygen atoms in total. The molecule has 148 valence electrons. The van der Waals surface area contributed by atoms with Crippen LogP contribution in [-0.4, -0.2) is 37.4 Å². The molecule has 0 atom stereocenters. The van der Waals surface area contributed by atoms with E-state index >= 15 is 0 Å². The fraction of sp³-hybridized carbons (Fsp3) is 0.550. The van der Waals surface area contributed by atoms with E-state index in [1.807, 2.05) is 39.8 Å². The van der Waals surface area contributed by atoms with E-state index in [0.29, 0.717) is 37.9 Å². The van der Waals surface area contributed by atoms with Crippen molar-refractivity contribution in [2.75, 3.05) is 26.4 Å². The maximum atomic E-state index is 12.2. The van der Waals surface area contributed by atoms with E-state index in [-0.39, 0.29) is 18.1 Å². The molecule has 1 aromatic heterocycles. The van der Waals surface area contributed by atoms with Crippen molar-refractivity contribution >= 4 is 5.97 Å². The Morgan fingerprint density at radius 3 is 2.59 bits per heavy atom. The number of hydrogen-bond donors (Lipinski definition) is 1. The van der Waals surface area contributed by atoms with Crippen LogP contribution in [0.4, 0.5) is 0 Å². The number of nitriles is 1. The highest BCUT2D eigenvalue weighted by Crippen LogP contribution is 2.15. The van der Waals surface area contributed by atoms with Crippen LogP contribution in [0.25, 0.3) is 0 Å². The molecule has 0 bridgehead atoms. The minimum Gasteiger partial charge on any atom is -0.478 e. The van der Waals surface area contributed by atoms with E-state index < -0.39 is 5.97 Å². The molecular formula is C20H29N3O4. The summed E-state index contributed by atoms with van der Waals surface area (Å²) in [6.45, 7) is 9.75. The molecule has 0 spiro atoms. The summed E-state index contributed by atoms with van der Waals surface area (Å²) >= 11 is 0. The lowest BCUT2D eigenvalue weighted by Gasteiger charge is -2.16. The highest BCUT2D eigenvalue weighted by atomic mass is 16.6. The molecule has 0 unspecified atom stereocenters. The van der Waals surface area contributed by atoms with Crippen molar-refractivity contribution in [2.24, 2.45) is 5.92 Å². The number of pyridine rings is 1. The third-order valence-electron chi connectivity index (χ3n) is 3.56. The van der Waals surface area contributed by atoms with Crippen LogP contribution < -0.4 is 10.1 Å². The molecule has 0 aromatic carbocycles. The van der Waals surface area contributed by atoms with E-state index in [1.54, 1.807) is 12.3 Å². The molecule has 7 heteroatoms. The van der Waals surface area contributed by atoms with Crippen LogP contribution in [0.1, 0.15) is 39.7 Å². The first-order valence-electron chi connectivity index (χ1n) is 9.24. The number of carbonyl (C=O) groups excluding carboxylic acids is 1. The molecule has 0 fully saturated rings. The van der Waals surface area contributed by atoms with Crippen molar-refractivity contribution in [3.8, 4) is 11.9 Å². The van der Waals surface area contributed by atoms with Crippen LogP contribution in [-0.2, 0) is 20.8 Å². The topological polar surface area (TPSA) is 93.5 Å². The zero-order valence-corrected chi connectivity index (χ0v) is 16.6. The molecular weight excluding hydrogens is 346 g/mol. The lowest BCUT2D eigenvalue weighted by atomic mass is 10.0. The number of allylic oxidation sites excluding steroid dienone is 1. The SMILES string of the molecule is CCCOc1ccc(CN/C(=C(/C#N)C(=O)OCCOCC)C(C)C)cn1. The van der Waals surface area contributed by atoms with Crippen LogP contribution in [0, 0.1) is 17.2 Å². The van der Waals surface area contributed by atoms with Gasteiger partial charge < -0.3 is 19.5 Å². The first kappa shape index (κ1) is 22.5. The summed E-state index contributed by atoms with van der Waals surface area (Å²) < 4.78 is 15.7. The smallest absolute Gasteiger partial charge is 0.350 e. The summed E-state index contributed by atoms with van der Waals surface area (Å²) in [7, 11) is 0. The van der Waals surface area contributed by atoms with Crippen molar-refractivity contribution in [3.05, 3.63) is 35.2 Å².